The SMILES string of the molecule is CCN(CC(C)(C)O)c1nc(N)ccc1[N+](=O)[O-]. The number of nitrogen functional groups attached to an aromatic ring is 1. The summed E-state index contributed by atoms with van der Waals surface area (Å²) in [5, 5.41) is 20.8. The van der Waals surface area contributed by atoms with E-state index >= 15 is 0 Å². The Hall–Kier alpha value is -1.89. The molecule has 0 amide bonds. The zero-order valence-electron chi connectivity index (χ0n) is 10.8. The maximum absolute atomic E-state index is 11.0. The standard InChI is InChI=1S/C11H18N4O3/c1-4-14(7-11(2,3)16)10-8(15(17)18)5-6-9(12)13-10/h5-6,16H,4,7H2,1-3H3,(H2,12,13). The molecule has 0 aliphatic heterocycles. The van der Waals surface area contributed by atoms with E-state index in [2.05, 4.69) is 4.98 Å². The van der Waals surface area contributed by atoms with Crippen LogP contribution in [0.15, 0.2) is 12.1 Å². The van der Waals surface area contributed by atoms with Gasteiger partial charge in [-0.2, -0.15) is 0 Å². The van der Waals surface area contributed by atoms with Crippen molar-refractivity contribution in [3.05, 3.63) is 22.2 Å². The van der Waals surface area contributed by atoms with E-state index < -0.39 is 10.5 Å². The first-order valence-electron chi connectivity index (χ1n) is 5.63. The lowest BCUT2D eigenvalue weighted by atomic mass is 10.1. The van der Waals surface area contributed by atoms with Crippen molar-refractivity contribution in [3.63, 3.8) is 0 Å². The number of rotatable bonds is 5. The number of likely N-dealkylation sites (N-methyl/N-ethyl adjacent to an activating group) is 1. The van der Waals surface area contributed by atoms with Crippen LogP contribution >= 0.6 is 0 Å². The lowest BCUT2D eigenvalue weighted by Gasteiger charge is -2.28. The fraction of sp³-hybridized carbons (Fsp3) is 0.545. The number of nitrogens with two attached hydrogens (primary N) is 1. The third kappa shape index (κ3) is 3.56. The van der Waals surface area contributed by atoms with E-state index in [9.17, 15) is 15.2 Å². The van der Waals surface area contributed by atoms with Crippen molar-refractivity contribution in [1.82, 2.24) is 4.98 Å². The summed E-state index contributed by atoms with van der Waals surface area (Å²) in [6.45, 7) is 5.82. The number of aliphatic hydroxyl groups is 1. The molecule has 0 unspecified atom stereocenters. The van der Waals surface area contributed by atoms with Crippen LogP contribution in [0.25, 0.3) is 0 Å². The molecule has 1 heterocycles. The monoisotopic (exact) mass is 254 g/mol. The second kappa shape index (κ2) is 5.18. The highest BCUT2D eigenvalue weighted by Gasteiger charge is 2.25. The molecule has 0 aromatic carbocycles. The maximum Gasteiger partial charge on any atom is 0.311 e. The topological polar surface area (TPSA) is 106 Å². The van der Waals surface area contributed by atoms with Gasteiger partial charge >= 0.3 is 5.69 Å². The number of aromatic nitrogens is 1. The Balaban J connectivity index is 3.19. The molecule has 0 saturated heterocycles. The fourth-order valence-corrected chi connectivity index (χ4v) is 1.63. The molecule has 0 aliphatic carbocycles. The second-order valence-corrected chi connectivity index (χ2v) is 4.66. The van der Waals surface area contributed by atoms with E-state index in [1.54, 1.807) is 18.7 Å². The first-order valence-corrected chi connectivity index (χ1v) is 5.63. The molecule has 1 aromatic rings. The minimum absolute atomic E-state index is 0.115. The average Bonchev–Trinajstić information content (AvgIpc) is 2.24. The predicted molar refractivity (Wildman–Crippen MR) is 69.5 cm³/mol. The van der Waals surface area contributed by atoms with Crippen molar-refractivity contribution in [2.24, 2.45) is 0 Å². The summed E-state index contributed by atoms with van der Waals surface area (Å²) in [5.41, 5.74) is 4.47. The van der Waals surface area contributed by atoms with Gasteiger partial charge in [0.1, 0.15) is 5.82 Å². The molecule has 0 saturated carbocycles. The minimum atomic E-state index is -0.976. The number of hydrogen-bond acceptors (Lipinski definition) is 6. The molecule has 3 N–H and O–H groups in total. The Bertz CT molecular complexity index is 442. The number of anilines is 2. The van der Waals surface area contributed by atoms with Gasteiger partial charge in [-0.05, 0) is 26.8 Å². The van der Waals surface area contributed by atoms with Gasteiger partial charge in [-0.1, -0.05) is 0 Å². The van der Waals surface area contributed by atoms with Crippen LogP contribution in [0.2, 0.25) is 0 Å². The van der Waals surface area contributed by atoms with Crippen molar-refractivity contribution < 1.29 is 10.0 Å². The predicted octanol–water partition coefficient (Wildman–Crippen LogP) is 1.17. The summed E-state index contributed by atoms with van der Waals surface area (Å²) in [4.78, 5) is 16.1. The molecule has 0 fully saturated rings. The maximum atomic E-state index is 11.0. The van der Waals surface area contributed by atoms with Crippen LogP contribution in [-0.4, -0.2) is 33.7 Å². The van der Waals surface area contributed by atoms with Gasteiger partial charge in [0, 0.05) is 19.2 Å². The van der Waals surface area contributed by atoms with Crippen molar-refractivity contribution in [2.45, 2.75) is 26.4 Å². The molecule has 0 aliphatic rings. The van der Waals surface area contributed by atoms with Crippen molar-refractivity contribution in [3.8, 4) is 0 Å². The van der Waals surface area contributed by atoms with E-state index in [0.29, 0.717) is 6.54 Å². The Labute approximate surface area is 105 Å². The molecule has 1 aromatic heterocycles. The smallest absolute Gasteiger partial charge is 0.311 e. The van der Waals surface area contributed by atoms with Gasteiger partial charge in [0.15, 0.2) is 0 Å². The molecule has 0 radical (unpaired) electrons. The van der Waals surface area contributed by atoms with Crippen LogP contribution in [0.3, 0.4) is 0 Å². The molecular formula is C11H18N4O3. The Morgan fingerprint density at radius 2 is 2.17 bits per heavy atom. The molecule has 0 atom stereocenters. The molecule has 0 spiro atoms. The Morgan fingerprint density at radius 1 is 1.56 bits per heavy atom. The highest BCUT2D eigenvalue weighted by atomic mass is 16.6. The summed E-state index contributed by atoms with van der Waals surface area (Å²) < 4.78 is 0. The van der Waals surface area contributed by atoms with E-state index in [0.717, 1.165) is 0 Å². The number of nitrogens with zero attached hydrogens (tertiary/aromatic N) is 3. The molecule has 100 valence electrons. The zero-order chi connectivity index (χ0) is 13.9. The summed E-state index contributed by atoms with van der Waals surface area (Å²) in [6.07, 6.45) is 0. The first kappa shape index (κ1) is 14.2. The highest BCUT2D eigenvalue weighted by Crippen LogP contribution is 2.27. The highest BCUT2D eigenvalue weighted by molar-refractivity contribution is 5.61. The summed E-state index contributed by atoms with van der Waals surface area (Å²) >= 11 is 0. The van der Waals surface area contributed by atoms with Crippen LogP contribution in [0.4, 0.5) is 17.3 Å². The van der Waals surface area contributed by atoms with E-state index in [4.69, 9.17) is 5.73 Å². The Morgan fingerprint density at radius 3 is 2.61 bits per heavy atom. The molecule has 18 heavy (non-hydrogen) atoms. The van der Waals surface area contributed by atoms with E-state index in [1.807, 2.05) is 6.92 Å². The fourth-order valence-electron chi connectivity index (χ4n) is 1.63. The summed E-state index contributed by atoms with van der Waals surface area (Å²) in [5.74, 6) is 0.398. The van der Waals surface area contributed by atoms with Crippen LogP contribution in [0, 0.1) is 10.1 Å². The van der Waals surface area contributed by atoms with Gasteiger partial charge in [0.2, 0.25) is 5.82 Å². The van der Waals surface area contributed by atoms with Crippen LogP contribution in [0.5, 0.6) is 0 Å². The lowest BCUT2D eigenvalue weighted by molar-refractivity contribution is -0.384. The third-order valence-corrected chi connectivity index (χ3v) is 2.33. The summed E-state index contributed by atoms with van der Waals surface area (Å²) in [6, 6.07) is 2.71. The largest absolute Gasteiger partial charge is 0.389 e. The van der Waals surface area contributed by atoms with Gasteiger partial charge in [-0.25, -0.2) is 4.98 Å². The van der Waals surface area contributed by atoms with Crippen molar-refractivity contribution in [1.29, 1.82) is 0 Å². The molecule has 7 heteroatoms. The van der Waals surface area contributed by atoms with Crippen LogP contribution < -0.4 is 10.6 Å². The summed E-state index contributed by atoms with van der Waals surface area (Å²) in [7, 11) is 0. The van der Waals surface area contributed by atoms with Gasteiger partial charge in [-0.3, -0.25) is 10.1 Å². The van der Waals surface area contributed by atoms with Gasteiger partial charge in [-0.15, -0.1) is 0 Å². The molecular weight excluding hydrogens is 236 g/mol. The van der Waals surface area contributed by atoms with Gasteiger partial charge < -0.3 is 15.7 Å². The number of hydrogen-bond donors (Lipinski definition) is 2. The van der Waals surface area contributed by atoms with Crippen LogP contribution in [-0.2, 0) is 0 Å². The van der Waals surface area contributed by atoms with E-state index in [-0.39, 0.29) is 23.9 Å². The lowest BCUT2D eigenvalue weighted by Crippen LogP contribution is -2.39. The van der Waals surface area contributed by atoms with Crippen molar-refractivity contribution in [2.75, 3.05) is 23.7 Å². The minimum Gasteiger partial charge on any atom is -0.389 e. The van der Waals surface area contributed by atoms with Crippen LogP contribution in [0.1, 0.15) is 20.8 Å². The number of nitro groups is 1. The van der Waals surface area contributed by atoms with Gasteiger partial charge in [0.05, 0.1) is 10.5 Å². The Kier molecular flexibility index (Phi) is 4.07. The van der Waals surface area contributed by atoms with Gasteiger partial charge in [0.25, 0.3) is 0 Å². The normalized spacial score (nSPS) is 11.3. The van der Waals surface area contributed by atoms with Crippen molar-refractivity contribution >= 4 is 17.3 Å². The quantitative estimate of drug-likeness (QED) is 0.603. The molecule has 7 nitrogen and oxygen atoms in total. The van der Waals surface area contributed by atoms with E-state index in [1.165, 1.54) is 12.1 Å². The average molecular weight is 254 g/mol. The molecule has 1 rings (SSSR count). The second-order valence-electron chi connectivity index (χ2n) is 4.66. The molecule has 0 bridgehead atoms. The zero-order valence-corrected chi connectivity index (χ0v) is 10.8. The third-order valence-electron chi connectivity index (χ3n) is 2.33. The first-order chi connectivity index (χ1) is 8.24. The number of pyridine rings is 1.